The number of ether oxygens (including phenoxy) is 1. The van der Waals surface area contributed by atoms with Crippen LogP contribution in [0.2, 0.25) is 10.0 Å². The van der Waals surface area contributed by atoms with Crippen molar-refractivity contribution in [3.63, 3.8) is 0 Å². The summed E-state index contributed by atoms with van der Waals surface area (Å²) in [6.07, 6.45) is 24.9. The van der Waals surface area contributed by atoms with E-state index in [1.54, 1.807) is 6.07 Å². The molecule has 0 amide bonds. The zero-order valence-corrected chi connectivity index (χ0v) is 21.0. The highest BCUT2D eigenvalue weighted by molar-refractivity contribution is 6.35. The first kappa shape index (κ1) is 30.5. The van der Waals surface area contributed by atoms with Crippen LogP contribution in [-0.2, 0) is 4.79 Å². The standard InChI is InChI=1S/C18H35N.C8H6Cl2O3/c1-2-3-4-5-6-7-8-9-10-11-12-13-14-15-16-17-18-19;9-5-1-2-7(6(10)3-5)13-4-8(11)12/h6-7,9-10H,2-5,8,11-19H2,1H3;1-3H,4H2,(H,11,12)/b7-6-,10-9-;. The van der Waals surface area contributed by atoms with Crippen molar-refractivity contribution in [1.82, 2.24) is 0 Å². The second-order valence-electron chi connectivity index (χ2n) is 7.63. The number of benzene rings is 1. The first-order valence-electron chi connectivity index (χ1n) is 11.8. The maximum Gasteiger partial charge on any atom is 0.341 e. The zero-order valence-electron chi connectivity index (χ0n) is 19.5. The topological polar surface area (TPSA) is 72.6 Å². The van der Waals surface area contributed by atoms with Gasteiger partial charge in [-0.2, -0.15) is 0 Å². The SMILES string of the molecule is CCCCC/C=C\C/C=C\CCCCCCCCN.O=C(O)COc1ccc(Cl)cc1Cl. The smallest absolute Gasteiger partial charge is 0.341 e. The number of nitrogens with two attached hydrogens (primary N) is 1. The summed E-state index contributed by atoms with van der Waals surface area (Å²) < 4.78 is 4.86. The maximum absolute atomic E-state index is 10.2. The van der Waals surface area contributed by atoms with Crippen LogP contribution < -0.4 is 10.5 Å². The molecule has 0 spiro atoms. The number of unbranched alkanes of at least 4 members (excludes halogenated alkanes) is 9. The summed E-state index contributed by atoms with van der Waals surface area (Å²) in [7, 11) is 0. The Labute approximate surface area is 204 Å². The fourth-order valence-electron chi connectivity index (χ4n) is 2.86. The molecule has 182 valence electrons. The first-order chi connectivity index (χ1) is 15.5. The minimum absolute atomic E-state index is 0.300. The van der Waals surface area contributed by atoms with Gasteiger partial charge in [-0.15, -0.1) is 0 Å². The minimum atomic E-state index is -1.05. The molecule has 1 rings (SSSR count). The summed E-state index contributed by atoms with van der Waals surface area (Å²) >= 11 is 11.3. The third-order valence-electron chi connectivity index (χ3n) is 4.65. The van der Waals surface area contributed by atoms with E-state index in [-0.39, 0.29) is 0 Å². The molecule has 6 heteroatoms. The molecule has 0 radical (unpaired) electrons. The molecule has 1 aromatic carbocycles. The quantitative estimate of drug-likeness (QED) is 0.172. The van der Waals surface area contributed by atoms with Gasteiger partial charge in [-0.25, -0.2) is 4.79 Å². The van der Waals surface area contributed by atoms with Crippen LogP contribution in [0.15, 0.2) is 42.5 Å². The van der Waals surface area contributed by atoms with Crippen molar-refractivity contribution in [3.05, 3.63) is 52.5 Å². The highest BCUT2D eigenvalue weighted by atomic mass is 35.5. The lowest BCUT2D eigenvalue weighted by Crippen LogP contribution is -2.09. The maximum atomic E-state index is 10.2. The molecular weight excluding hydrogens is 445 g/mol. The monoisotopic (exact) mass is 485 g/mol. The van der Waals surface area contributed by atoms with Crippen LogP contribution >= 0.6 is 23.2 Å². The second-order valence-corrected chi connectivity index (χ2v) is 8.47. The van der Waals surface area contributed by atoms with E-state index in [0.29, 0.717) is 15.8 Å². The van der Waals surface area contributed by atoms with Gasteiger partial charge in [-0.3, -0.25) is 0 Å². The normalized spacial score (nSPS) is 11.0. The third kappa shape index (κ3) is 20.4. The summed E-state index contributed by atoms with van der Waals surface area (Å²) in [5.74, 6) is -0.737. The van der Waals surface area contributed by atoms with Crippen molar-refractivity contribution in [1.29, 1.82) is 0 Å². The predicted octanol–water partition coefficient (Wildman–Crippen LogP) is 8.22. The highest BCUT2D eigenvalue weighted by Crippen LogP contribution is 2.27. The van der Waals surface area contributed by atoms with Gasteiger partial charge in [0, 0.05) is 5.02 Å². The van der Waals surface area contributed by atoms with E-state index in [4.69, 9.17) is 38.8 Å². The first-order valence-corrected chi connectivity index (χ1v) is 12.6. The molecule has 3 N–H and O–H groups in total. The average Bonchev–Trinajstić information content (AvgIpc) is 2.76. The minimum Gasteiger partial charge on any atom is -0.480 e. The fraction of sp³-hybridized carbons (Fsp3) is 0.577. The van der Waals surface area contributed by atoms with Crippen LogP contribution in [0, 0.1) is 0 Å². The van der Waals surface area contributed by atoms with Gasteiger partial charge in [-0.1, -0.05) is 93.0 Å². The molecule has 0 aliphatic heterocycles. The van der Waals surface area contributed by atoms with E-state index in [1.165, 1.54) is 82.8 Å². The summed E-state index contributed by atoms with van der Waals surface area (Å²) in [5, 5.41) is 9.11. The van der Waals surface area contributed by atoms with Crippen molar-refractivity contribution >= 4 is 29.2 Å². The molecule has 0 bridgehead atoms. The molecule has 0 aliphatic carbocycles. The Morgan fingerprint density at radius 2 is 1.53 bits per heavy atom. The third-order valence-corrected chi connectivity index (χ3v) is 5.18. The van der Waals surface area contributed by atoms with Gasteiger partial charge in [0.2, 0.25) is 0 Å². The van der Waals surface area contributed by atoms with Crippen molar-refractivity contribution in [2.45, 2.75) is 84.0 Å². The lowest BCUT2D eigenvalue weighted by molar-refractivity contribution is -0.139. The predicted molar refractivity (Wildman–Crippen MR) is 138 cm³/mol. The number of carboxylic acids is 1. The van der Waals surface area contributed by atoms with Crippen LogP contribution in [0.4, 0.5) is 0 Å². The van der Waals surface area contributed by atoms with E-state index in [9.17, 15) is 4.79 Å². The Kier molecular flexibility index (Phi) is 21.6. The van der Waals surface area contributed by atoms with Crippen LogP contribution in [0.1, 0.15) is 84.0 Å². The van der Waals surface area contributed by atoms with Gasteiger partial charge in [0.1, 0.15) is 5.75 Å². The Balaban J connectivity index is 0.000000641. The van der Waals surface area contributed by atoms with Gasteiger partial charge in [0.05, 0.1) is 5.02 Å². The number of hydrogen-bond acceptors (Lipinski definition) is 3. The number of carbonyl (C=O) groups is 1. The van der Waals surface area contributed by atoms with Crippen LogP contribution in [0.3, 0.4) is 0 Å². The Bertz CT molecular complexity index is 648. The van der Waals surface area contributed by atoms with Crippen molar-refractivity contribution in [2.75, 3.05) is 13.2 Å². The molecule has 0 saturated heterocycles. The van der Waals surface area contributed by atoms with E-state index < -0.39 is 12.6 Å². The van der Waals surface area contributed by atoms with E-state index in [1.807, 2.05) is 0 Å². The molecule has 0 heterocycles. The Hall–Kier alpha value is -1.49. The summed E-state index contributed by atoms with van der Waals surface area (Å²) in [4.78, 5) is 10.2. The second kappa shape index (κ2) is 22.7. The zero-order chi connectivity index (χ0) is 23.9. The molecule has 32 heavy (non-hydrogen) atoms. The van der Waals surface area contributed by atoms with Gasteiger partial charge in [0.25, 0.3) is 0 Å². The van der Waals surface area contributed by atoms with Crippen LogP contribution in [-0.4, -0.2) is 24.2 Å². The van der Waals surface area contributed by atoms with E-state index >= 15 is 0 Å². The molecule has 4 nitrogen and oxygen atoms in total. The molecule has 1 aromatic rings. The molecular formula is C26H41Cl2NO3. The van der Waals surface area contributed by atoms with Gasteiger partial charge in [-0.05, 0) is 63.3 Å². The molecule has 0 aliphatic rings. The highest BCUT2D eigenvalue weighted by Gasteiger charge is 2.04. The van der Waals surface area contributed by atoms with Crippen molar-refractivity contribution in [2.24, 2.45) is 5.73 Å². The summed E-state index contributed by atoms with van der Waals surface area (Å²) in [6, 6.07) is 4.58. The van der Waals surface area contributed by atoms with Crippen LogP contribution in [0.5, 0.6) is 5.75 Å². The Morgan fingerprint density at radius 3 is 2.09 bits per heavy atom. The van der Waals surface area contributed by atoms with Gasteiger partial charge in [0.15, 0.2) is 6.61 Å². The molecule has 0 unspecified atom stereocenters. The number of halogens is 2. The number of hydrogen-bond donors (Lipinski definition) is 2. The fourth-order valence-corrected chi connectivity index (χ4v) is 3.33. The molecule has 0 atom stereocenters. The largest absolute Gasteiger partial charge is 0.480 e. The van der Waals surface area contributed by atoms with Gasteiger partial charge < -0.3 is 15.6 Å². The van der Waals surface area contributed by atoms with E-state index in [2.05, 4.69) is 31.2 Å². The number of carboxylic acid groups (broad SMARTS) is 1. The summed E-state index contributed by atoms with van der Waals surface area (Å²) in [6.45, 7) is 2.70. The van der Waals surface area contributed by atoms with E-state index in [0.717, 1.165) is 13.0 Å². The number of aliphatic carboxylic acids is 1. The van der Waals surface area contributed by atoms with Crippen molar-refractivity contribution in [3.8, 4) is 5.75 Å². The average molecular weight is 487 g/mol. The lowest BCUT2D eigenvalue weighted by Gasteiger charge is -2.04. The van der Waals surface area contributed by atoms with Crippen LogP contribution in [0.25, 0.3) is 0 Å². The van der Waals surface area contributed by atoms with Crippen molar-refractivity contribution < 1.29 is 14.6 Å². The summed E-state index contributed by atoms with van der Waals surface area (Å²) in [5.41, 5.74) is 5.47. The Morgan fingerprint density at radius 1 is 0.938 bits per heavy atom. The molecule has 0 fully saturated rings. The number of allylic oxidation sites excluding steroid dienone is 4. The lowest BCUT2D eigenvalue weighted by atomic mass is 10.1. The molecule has 0 saturated carbocycles. The molecule has 0 aromatic heterocycles. The van der Waals surface area contributed by atoms with Gasteiger partial charge >= 0.3 is 5.97 Å². The number of rotatable bonds is 17.